The lowest BCUT2D eigenvalue weighted by molar-refractivity contribution is 0.143. The molecule has 0 saturated carbocycles. The van der Waals surface area contributed by atoms with E-state index in [0.717, 1.165) is 4.52 Å². The summed E-state index contributed by atoms with van der Waals surface area (Å²) in [5.74, 6) is 0. The predicted octanol–water partition coefficient (Wildman–Crippen LogP) is 2.97. The minimum atomic E-state index is -2.63. The molecule has 0 aliphatic heterocycles. The van der Waals surface area contributed by atoms with Crippen LogP contribution in [-0.2, 0) is 0 Å². The third-order valence-corrected chi connectivity index (χ3v) is 2.13. The molecular formula is C7H3Cl2F2N3. The smallest absolute Gasteiger partial charge is 0.226 e. The molecule has 0 aliphatic rings. The molecule has 0 spiro atoms. The minimum Gasteiger partial charge on any atom is -0.226 e. The van der Waals surface area contributed by atoms with Crippen molar-refractivity contribution in [1.29, 1.82) is 0 Å². The molecule has 0 unspecified atom stereocenters. The van der Waals surface area contributed by atoms with E-state index in [4.69, 9.17) is 23.2 Å². The number of hydrogen-bond donors (Lipinski definition) is 0. The highest BCUT2D eigenvalue weighted by Crippen LogP contribution is 2.24. The molecule has 7 heteroatoms. The molecule has 2 heterocycles. The van der Waals surface area contributed by atoms with Crippen LogP contribution in [-0.4, -0.2) is 14.6 Å². The van der Waals surface area contributed by atoms with E-state index in [1.165, 1.54) is 12.1 Å². The van der Waals surface area contributed by atoms with E-state index in [0.29, 0.717) is 5.52 Å². The summed E-state index contributed by atoms with van der Waals surface area (Å²) in [5, 5.41) is 3.51. The van der Waals surface area contributed by atoms with E-state index in [-0.39, 0.29) is 16.1 Å². The Bertz CT molecular complexity index is 483. The zero-order chi connectivity index (χ0) is 10.3. The van der Waals surface area contributed by atoms with Crippen molar-refractivity contribution in [2.24, 2.45) is 0 Å². The Morgan fingerprint density at radius 1 is 1.29 bits per heavy atom. The van der Waals surface area contributed by atoms with Gasteiger partial charge in [0.2, 0.25) is 5.28 Å². The topological polar surface area (TPSA) is 30.2 Å². The van der Waals surface area contributed by atoms with Crippen molar-refractivity contribution in [2.75, 3.05) is 0 Å². The van der Waals surface area contributed by atoms with Crippen LogP contribution >= 0.6 is 23.2 Å². The van der Waals surface area contributed by atoms with Gasteiger partial charge in [0.1, 0.15) is 11.2 Å². The fourth-order valence-corrected chi connectivity index (χ4v) is 1.55. The molecule has 14 heavy (non-hydrogen) atoms. The molecule has 2 rings (SSSR count). The fraction of sp³-hybridized carbons (Fsp3) is 0.143. The molecule has 2 aromatic heterocycles. The van der Waals surface area contributed by atoms with E-state index in [1.807, 2.05) is 0 Å². The van der Waals surface area contributed by atoms with Gasteiger partial charge in [-0.3, -0.25) is 0 Å². The highest BCUT2D eigenvalue weighted by molar-refractivity contribution is 6.34. The summed E-state index contributed by atoms with van der Waals surface area (Å²) < 4.78 is 25.8. The SMILES string of the molecule is FC(F)c1ccc2c(Cl)nc(Cl)nn12. The second kappa shape index (κ2) is 3.33. The first-order valence-corrected chi connectivity index (χ1v) is 4.34. The van der Waals surface area contributed by atoms with Gasteiger partial charge in [0.05, 0.1) is 0 Å². The molecule has 0 aliphatic carbocycles. The lowest BCUT2D eigenvalue weighted by atomic mass is 10.4. The summed E-state index contributed by atoms with van der Waals surface area (Å²) in [6.45, 7) is 0. The molecule has 0 radical (unpaired) electrons. The van der Waals surface area contributed by atoms with Crippen molar-refractivity contribution >= 4 is 28.7 Å². The maximum absolute atomic E-state index is 12.4. The van der Waals surface area contributed by atoms with E-state index in [9.17, 15) is 8.78 Å². The zero-order valence-corrected chi connectivity index (χ0v) is 8.10. The van der Waals surface area contributed by atoms with Crippen molar-refractivity contribution in [1.82, 2.24) is 14.6 Å². The molecule has 0 amide bonds. The number of hydrogen-bond acceptors (Lipinski definition) is 2. The van der Waals surface area contributed by atoms with Crippen molar-refractivity contribution in [3.63, 3.8) is 0 Å². The Kier molecular flexibility index (Phi) is 2.28. The number of fused-ring (bicyclic) bond motifs is 1. The molecular weight excluding hydrogens is 235 g/mol. The highest BCUT2D eigenvalue weighted by Gasteiger charge is 2.15. The second-order valence-electron chi connectivity index (χ2n) is 2.53. The third-order valence-electron chi connectivity index (χ3n) is 1.69. The van der Waals surface area contributed by atoms with Gasteiger partial charge in [-0.1, -0.05) is 11.6 Å². The molecule has 0 atom stereocenters. The van der Waals surface area contributed by atoms with Gasteiger partial charge < -0.3 is 0 Å². The van der Waals surface area contributed by atoms with Crippen LogP contribution in [0.15, 0.2) is 12.1 Å². The largest absolute Gasteiger partial charge is 0.280 e. The zero-order valence-electron chi connectivity index (χ0n) is 6.59. The van der Waals surface area contributed by atoms with E-state index in [2.05, 4.69) is 10.1 Å². The number of aromatic nitrogens is 3. The first-order chi connectivity index (χ1) is 6.59. The van der Waals surface area contributed by atoms with Crippen LogP contribution in [0.25, 0.3) is 5.52 Å². The molecule has 74 valence electrons. The van der Waals surface area contributed by atoms with Gasteiger partial charge in [0.25, 0.3) is 6.43 Å². The normalized spacial score (nSPS) is 11.5. The first-order valence-electron chi connectivity index (χ1n) is 3.58. The Balaban J connectivity index is 2.78. The van der Waals surface area contributed by atoms with Crippen molar-refractivity contribution in [2.45, 2.75) is 6.43 Å². The van der Waals surface area contributed by atoms with Crippen LogP contribution in [0.2, 0.25) is 10.4 Å². The van der Waals surface area contributed by atoms with E-state index < -0.39 is 6.43 Å². The summed E-state index contributed by atoms with van der Waals surface area (Å²) >= 11 is 11.2. The number of alkyl halides is 2. The first kappa shape index (κ1) is 9.61. The molecule has 3 nitrogen and oxygen atoms in total. The standard InChI is InChI=1S/C7H3Cl2F2N3/c8-5-3-1-2-4(6(10)11)14(3)13-7(9)12-5/h1-2,6H. The Morgan fingerprint density at radius 2 is 2.00 bits per heavy atom. The lowest BCUT2D eigenvalue weighted by Crippen LogP contribution is -2.00. The van der Waals surface area contributed by atoms with Crippen molar-refractivity contribution < 1.29 is 8.78 Å². The summed E-state index contributed by atoms with van der Waals surface area (Å²) in [6, 6.07) is 2.65. The summed E-state index contributed by atoms with van der Waals surface area (Å²) in [7, 11) is 0. The molecule has 0 N–H and O–H groups in total. The predicted molar refractivity (Wildman–Crippen MR) is 48.0 cm³/mol. The van der Waals surface area contributed by atoms with Crippen LogP contribution in [0.1, 0.15) is 12.1 Å². The van der Waals surface area contributed by atoms with Gasteiger partial charge in [-0.05, 0) is 23.7 Å². The lowest BCUT2D eigenvalue weighted by Gasteiger charge is -2.01. The van der Waals surface area contributed by atoms with E-state index >= 15 is 0 Å². The Labute approximate surface area is 87.3 Å². The Morgan fingerprint density at radius 3 is 2.64 bits per heavy atom. The quantitative estimate of drug-likeness (QED) is 0.764. The van der Waals surface area contributed by atoms with Crippen LogP contribution in [0, 0.1) is 0 Å². The van der Waals surface area contributed by atoms with Gasteiger partial charge in [-0.15, -0.1) is 5.10 Å². The van der Waals surface area contributed by atoms with Gasteiger partial charge in [-0.2, -0.15) is 0 Å². The average Bonchev–Trinajstić information content (AvgIpc) is 2.47. The number of nitrogens with zero attached hydrogens (tertiary/aromatic N) is 3. The summed E-state index contributed by atoms with van der Waals surface area (Å²) in [4.78, 5) is 3.63. The number of rotatable bonds is 1. The Hall–Kier alpha value is -0.940. The molecule has 0 aromatic carbocycles. The van der Waals surface area contributed by atoms with Gasteiger partial charge in [0, 0.05) is 0 Å². The van der Waals surface area contributed by atoms with Gasteiger partial charge >= 0.3 is 0 Å². The molecule has 0 bridgehead atoms. The van der Waals surface area contributed by atoms with Gasteiger partial charge in [0.15, 0.2) is 5.15 Å². The van der Waals surface area contributed by atoms with Crippen LogP contribution in [0.3, 0.4) is 0 Å². The van der Waals surface area contributed by atoms with Crippen molar-refractivity contribution in [3.05, 3.63) is 28.3 Å². The van der Waals surface area contributed by atoms with Crippen LogP contribution < -0.4 is 0 Å². The second-order valence-corrected chi connectivity index (χ2v) is 3.22. The van der Waals surface area contributed by atoms with Gasteiger partial charge in [-0.25, -0.2) is 18.3 Å². The summed E-state index contributed by atoms with van der Waals surface area (Å²) in [5.41, 5.74) is 0.0533. The molecule has 2 aromatic rings. The van der Waals surface area contributed by atoms with Crippen molar-refractivity contribution in [3.8, 4) is 0 Å². The summed E-state index contributed by atoms with van der Waals surface area (Å²) in [6.07, 6.45) is -2.63. The maximum Gasteiger partial charge on any atom is 0.280 e. The highest BCUT2D eigenvalue weighted by atomic mass is 35.5. The van der Waals surface area contributed by atoms with E-state index in [1.54, 1.807) is 0 Å². The monoisotopic (exact) mass is 237 g/mol. The third kappa shape index (κ3) is 1.42. The maximum atomic E-state index is 12.4. The number of halogens is 4. The minimum absolute atomic E-state index is 0.0527. The van der Waals surface area contributed by atoms with Crippen LogP contribution in [0.5, 0.6) is 0 Å². The average molecular weight is 238 g/mol. The molecule has 0 fully saturated rings. The van der Waals surface area contributed by atoms with Crippen LogP contribution in [0.4, 0.5) is 8.78 Å². The fourth-order valence-electron chi connectivity index (χ4n) is 1.12. The molecule has 0 saturated heterocycles.